The molecule has 0 unspecified atom stereocenters. The molecule has 1 N–H and O–H groups in total. The molecule has 0 atom stereocenters. The average molecular weight is 465 g/mol. The Balaban J connectivity index is 1.42. The van der Waals surface area contributed by atoms with Crippen molar-refractivity contribution in [3.63, 3.8) is 0 Å². The van der Waals surface area contributed by atoms with Crippen LogP contribution in [0.2, 0.25) is 0 Å². The van der Waals surface area contributed by atoms with E-state index in [2.05, 4.69) is 10.2 Å². The van der Waals surface area contributed by atoms with Crippen molar-refractivity contribution in [3.8, 4) is 5.75 Å². The second kappa shape index (κ2) is 11.5. The van der Waals surface area contributed by atoms with Crippen molar-refractivity contribution in [2.24, 2.45) is 0 Å². The van der Waals surface area contributed by atoms with Gasteiger partial charge in [-0.05, 0) is 60.5 Å². The van der Waals surface area contributed by atoms with Gasteiger partial charge in [0.05, 0.1) is 31.1 Å². The standard InChI is InChI=1S/C27H29FN2O4/c1-2-33-27(31)25-17-23(10-11-26(25)30-12-14-32-15-13-30)29-18-21-4-3-5-24(16-21)34-19-20-6-8-22(28)9-7-20/h3-11,16-17,29H,2,12-15,18-19H2,1H3. The summed E-state index contributed by atoms with van der Waals surface area (Å²) in [6.07, 6.45) is 0. The minimum Gasteiger partial charge on any atom is -0.489 e. The average Bonchev–Trinajstić information content (AvgIpc) is 2.88. The molecule has 178 valence electrons. The van der Waals surface area contributed by atoms with Gasteiger partial charge in [0.2, 0.25) is 0 Å². The summed E-state index contributed by atoms with van der Waals surface area (Å²) < 4.78 is 29.7. The number of hydrogen-bond donors (Lipinski definition) is 1. The number of nitrogens with zero attached hydrogens (tertiary/aromatic N) is 1. The normalized spacial score (nSPS) is 13.4. The monoisotopic (exact) mass is 464 g/mol. The second-order valence-electron chi connectivity index (χ2n) is 7.97. The molecule has 1 saturated heterocycles. The Bertz CT molecular complexity index is 1100. The Morgan fingerprint density at radius 3 is 2.59 bits per heavy atom. The molecular weight excluding hydrogens is 435 g/mol. The third-order valence-electron chi connectivity index (χ3n) is 5.56. The number of esters is 1. The zero-order valence-electron chi connectivity index (χ0n) is 19.3. The van der Waals surface area contributed by atoms with E-state index in [-0.39, 0.29) is 11.8 Å². The molecule has 0 aromatic heterocycles. The third kappa shape index (κ3) is 6.26. The number of anilines is 2. The zero-order valence-corrected chi connectivity index (χ0v) is 19.3. The van der Waals surface area contributed by atoms with Crippen molar-refractivity contribution in [2.45, 2.75) is 20.1 Å². The number of ether oxygens (including phenoxy) is 3. The molecular formula is C27H29FN2O4. The minimum atomic E-state index is -0.330. The molecule has 3 aromatic rings. The molecule has 7 heteroatoms. The smallest absolute Gasteiger partial charge is 0.340 e. The van der Waals surface area contributed by atoms with Crippen LogP contribution < -0.4 is 15.0 Å². The van der Waals surface area contributed by atoms with Crippen molar-refractivity contribution >= 4 is 17.3 Å². The van der Waals surface area contributed by atoms with Gasteiger partial charge in [-0.3, -0.25) is 0 Å². The summed E-state index contributed by atoms with van der Waals surface area (Å²) in [7, 11) is 0. The fourth-order valence-corrected chi connectivity index (χ4v) is 3.80. The maximum absolute atomic E-state index is 13.1. The molecule has 0 radical (unpaired) electrons. The maximum atomic E-state index is 13.1. The zero-order chi connectivity index (χ0) is 23.8. The summed E-state index contributed by atoms with van der Waals surface area (Å²) in [6.45, 7) is 5.82. The van der Waals surface area contributed by atoms with Gasteiger partial charge in [0.1, 0.15) is 18.2 Å². The summed E-state index contributed by atoms with van der Waals surface area (Å²) in [5, 5.41) is 3.39. The SMILES string of the molecule is CCOC(=O)c1cc(NCc2cccc(OCc3ccc(F)cc3)c2)ccc1N1CCOCC1. The molecule has 0 aliphatic carbocycles. The first-order valence-electron chi connectivity index (χ1n) is 11.5. The van der Waals surface area contributed by atoms with Gasteiger partial charge in [0.25, 0.3) is 0 Å². The van der Waals surface area contributed by atoms with Crippen molar-refractivity contribution < 1.29 is 23.4 Å². The van der Waals surface area contributed by atoms with Crippen LogP contribution in [0.25, 0.3) is 0 Å². The van der Waals surface area contributed by atoms with Crippen LogP contribution in [-0.2, 0) is 22.6 Å². The molecule has 34 heavy (non-hydrogen) atoms. The number of nitrogens with one attached hydrogen (secondary N) is 1. The Hall–Kier alpha value is -3.58. The van der Waals surface area contributed by atoms with Crippen LogP contribution in [0.4, 0.5) is 15.8 Å². The van der Waals surface area contributed by atoms with Crippen LogP contribution in [0.5, 0.6) is 5.75 Å². The van der Waals surface area contributed by atoms with Gasteiger partial charge in [-0.2, -0.15) is 0 Å². The Kier molecular flexibility index (Phi) is 7.99. The fourth-order valence-electron chi connectivity index (χ4n) is 3.80. The van der Waals surface area contributed by atoms with Crippen LogP contribution in [-0.4, -0.2) is 38.9 Å². The van der Waals surface area contributed by atoms with Gasteiger partial charge in [0.15, 0.2) is 0 Å². The van der Waals surface area contributed by atoms with Crippen LogP contribution in [0.3, 0.4) is 0 Å². The highest BCUT2D eigenvalue weighted by molar-refractivity contribution is 5.97. The van der Waals surface area contributed by atoms with Gasteiger partial charge in [-0.25, -0.2) is 9.18 Å². The van der Waals surface area contributed by atoms with Crippen molar-refractivity contribution in [1.82, 2.24) is 0 Å². The topological polar surface area (TPSA) is 60.0 Å². The summed E-state index contributed by atoms with van der Waals surface area (Å²) in [5.41, 5.74) is 4.18. The molecule has 3 aromatic carbocycles. The van der Waals surface area contributed by atoms with Gasteiger partial charge < -0.3 is 24.4 Å². The van der Waals surface area contributed by atoms with Crippen molar-refractivity contribution in [3.05, 3.63) is 89.2 Å². The molecule has 1 aliphatic rings. The quantitative estimate of drug-likeness (QED) is 0.448. The second-order valence-corrected chi connectivity index (χ2v) is 7.97. The summed E-state index contributed by atoms with van der Waals surface area (Å²) in [4.78, 5) is 14.8. The Labute approximate surface area is 199 Å². The van der Waals surface area contributed by atoms with E-state index in [4.69, 9.17) is 14.2 Å². The largest absolute Gasteiger partial charge is 0.489 e. The molecule has 0 saturated carbocycles. The maximum Gasteiger partial charge on any atom is 0.340 e. The number of carbonyl (C=O) groups is 1. The van der Waals surface area contributed by atoms with E-state index in [1.54, 1.807) is 19.1 Å². The molecule has 6 nitrogen and oxygen atoms in total. The highest BCUT2D eigenvalue weighted by Crippen LogP contribution is 2.27. The molecule has 0 amide bonds. The Morgan fingerprint density at radius 2 is 1.82 bits per heavy atom. The van der Waals surface area contributed by atoms with E-state index in [1.165, 1.54) is 12.1 Å². The number of hydrogen-bond acceptors (Lipinski definition) is 6. The van der Waals surface area contributed by atoms with Gasteiger partial charge in [-0.1, -0.05) is 24.3 Å². The third-order valence-corrected chi connectivity index (χ3v) is 5.56. The first kappa shape index (κ1) is 23.6. The van der Waals surface area contributed by atoms with E-state index in [0.717, 1.165) is 41.3 Å². The van der Waals surface area contributed by atoms with Gasteiger partial charge >= 0.3 is 5.97 Å². The van der Waals surface area contributed by atoms with Crippen LogP contribution >= 0.6 is 0 Å². The summed E-state index contributed by atoms with van der Waals surface area (Å²) in [6, 6.07) is 19.8. The lowest BCUT2D eigenvalue weighted by atomic mass is 10.1. The van der Waals surface area contributed by atoms with E-state index in [0.29, 0.717) is 38.5 Å². The molecule has 1 aliphatic heterocycles. The molecule has 1 heterocycles. The molecule has 0 spiro atoms. The van der Waals surface area contributed by atoms with Crippen LogP contribution in [0, 0.1) is 5.82 Å². The molecule has 4 rings (SSSR count). The first-order valence-corrected chi connectivity index (χ1v) is 11.5. The number of carbonyl (C=O) groups excluding carboxylic acids is 1. The minimum absolute atomic E-state index is 0.263. The highest BCUT2D eigenvalue weighted by Gasteiger charge is 2.20. The number of benzene rings is 3. The van der Waals surface area contributed by atoms with E-state index in [9.17, 15) is 9.18 Å². The van der Waals surface area contributed by atoms with E-state index < -0.39 is 0 Å². The number of halogens is 1. The fraction of sp³-hybridized carbons (Fsp3) is 0.296. The lowest BCUT2D eigenvalue weighted by Crippen LogP contribution is -2.37. The lowest BCUT2D eigenvalue weighted by molar-refractivity contribution is 0.0526. The molecule has 0 bridgehead atoms. The van der Waals surface area contributed by atoms with Crippen molar-refractivity contribution in [2.75, 3.05) is 43.1 Å². The predicted molar refractivity (Wildman–Crippen MR) is 130 cm³/mol. The summed E-state index contributed by atoms with van der Waals surface area (Å²) >= 11 is 0. The van der Waals surface area contributed by atoms with Gasteiger partial charge in [0, 0.05) is 25.3 Å². The number of morpholine rings is 1. The molecule has 1 fully saturated rings. The van der Waals surface area contributed by atoms with Crippen LogP contribution in [0.15, 0.2) is 66.7 Å². The first-order chi connectivity index (χ1) is 16.6. The van der Waals surface area contributed by atoms with Crippen LogP contribution in [0.1, 0.15) is 28.4 Å². The van der Waals surface area contributed by atoms with Crippen molar-refractivity contribution in [1.29, 1.82) is 0 Å². The highest BCUT2D eigenvalue weighted by atomic mass is 19.1. The predicted octanol–water partition coefficient (Wildman–Crippen LogP) is 5.03. The Morgan fingerprint density at radius 1 is 1.03 bits per heavy atom. The lowest BCUT2D eigenvalue weighted by Gasteiger charge is -2.30. The number of rotatable bonds is 9. The van der Waals surface area contributed by atoms with Gasteiger partial charge in [-0.15, -0.1) is 0 Å². The van der Waals surface area contributed by atoms with E-state index >= 15 is 0 Å². The van der Waals surface area contributed by atoms with E-state index in [1.807, 2.05) is 42.5 Å². The summed E-state index contributed by atoms with van der Waals surface area (Å²) in [5.74, 6) is 0.142.